The van der Waals surface area contributed by atoms with Gasteiger partial charge in [0.2, 0.25) is 0 Å². The summed E-state index contributed by atoms with van der Waals surface area (Å²) in [6.07, 6.45) is 0. The van der Waals surface area contributed by atoms with Crippen molar-refractivity contribution in [2.75, 3.05) is 45.3 Å². The summed E-state index contributed by atoms with van der Waals surface area (Å²) >= 11 is 0. The zero-order valence-electron chi connectivity index (χ0n) is 19.4. The van der Waals surface area contributed by atoms with Crippen LogP contribution < -0.4 is 10.1 Å². The Balaban J connectivity index is 1.50. The van der Waals surface area contributed by atoms with Crippen molar-refractivity contribution in [2.45, 2.75) is 20.0 Å². The Hall–Kier alpha value is -3.56. The highest BCUT2D eigenvalue weighted by Gasteiger charge is 2.31. The lowest BCUT2D eigenvalue weighted by atomic mass is 10.1. The van der Waals surface area contributed by atoms with Gasteiger partial charge in [0, 0.05) is 61.2 Å². The molecule has 0 aliphatic carbocycles. The minimum absolute atomic E-state index is 0.00456. The van der Waals surface area contributed by atoms with Crippen LogP contribution in [0.3, 0.4) is 0 Å². The highest BCUT2D eigenvalue weighted by atomic mass is 16.5. The Morgan fingerprint density at radius 3 is 2.62 bits per heavy atom. The fourth-order valence-electron chi connectivity index (χ4n) is 4.34. The number of aromatic hydroxyl groups is 2. The van der Waals surface area contributed by atoms with E-state index in [2.05, 4.69) is 16.8 Å². The third-order valence-electron chi connectivity index (χ3n) is 6.26. The van der Waals surface area contributed by atoms with Crippen LogP contribution in [0.4, 0.5) is 5.69 Å². The lowest BCUT2D eigenvalue weighted by Gasteiger charge is -2.27. The number of hydrogen-bond acceptors (Lipinski definition) is 7. The van der Waals surface area contributed by atoms with Crippen molar-refractivity contribution in [3.8, 4) is 17.2 Å². The molecule has 9 heteroatoms. The monoisotopic (exact) mass is 467 g/mol. The summed E-state index contributed by atoms with van der Waals surface area (Å²) in [5.74, 6) is -1.07. The number of ether oxygens (including phenoxy) is 2. The summed E-state index contributed by atoms with van der Waals surface area (Å²) in [5.41, 5.74) is 3.18. The van der Waals surface area contributed by atoms with Gasteiger partial charge in [-0.25, -0.2) is 0 Å². The van der Waals surface area contributed by atoms with Crippen LogP contribution in [0.25, 0.3) is 0 Å². The van der Waals surface area contributed by atoms with Gasteiger partial charge in [-0.3, -0.25) is 14.5 Å². The molecule has 1 saturated heterocycles. The minimum Gasteiger partial charge on any atom is -0.507 e. The van der Waals surface area contributed by atoms with Crippen LogP contribution in [0.2, 0.25) is 0 Å². The van der Waals surface area contributed by atoms with Crippen LogP contribution in [0, 0.1) is 6.92 Å². The van der Waals surface area contributed by atoms with E-state index < -0.39 is 5.91 Å². The van der Waals surface area contributed by atoms with Gasteiger partial charge in [-0.15, -0.1) is 0 Å². The summed E-state index contributed by atoms with van der Waals surface area (Å²) in [6.45, 7) is 9.40. The third kappa shape index (κ3) is 4.57. The Kier molecular flexibility index (Phi) is 6.76. The second-order valence-electron chi connectivity index (χ2n) is 8.50. The largest absolute Gasteiger partial charge is 0.507 e. The summed E-state index contributed by atoms with van der Waals surface area (Å²) in [6, 6.07) is 6.67. The minimum atomic E-state index is -0.428. The van der Waals surface area contributed by atoms with Crippen molar-refractivity contribution in [2.24, 2.45) is 0 Å². The van der Waals surface area contributed by atoms with Crippen LogP contribution in [-0.4, -0.2) is 71.8 Å². The zero-order valence-corrected chi connectivity index (χ0v) is 19.4. The molecule has 2 heterocycles. The molecule has 2 aliphatic rings. The normalized spacial score (nSPS) is 15.6. The van der Waals surface area contributed by atoms with Crippen LogP contribution in [0.15, 0.2) is 36.4 Å². The number of rotatable bonds is 6. The van der Waals surface area contributed by atoms with Gasteiger partial charge in [-0.05, 0) is 18.6 Å². The SMILES string of the molecule is C=C(CN1CCOCC1)C(=O)Nc1cccc2c1CN(C(=O)c1c(O)cc(O)c(C)c1OC)C2. The summed E-state index contributed by atoms with van der Waals surface area (Å²) in [5, 5.41) is 23.3. The Bertz CT molecular complexity index is 1140. The molecular weight excluding hydrogens is 438 g/mol. The standard InChI is InChI=1S/C25H29N3O6/c1-15(12-27-7-9-34-10-8-27)24(31)26-19-6-4-5-17-13-28(14-18(17)19)25(32)22-21(30)11-20(29)16(2)23(22)33-3/h4-6,11,29-30H,1,7-10,12-14H2,2-3H3,(H,26,31). The van der Waals surface area contributed by atoms with E-state index in [1.165, 1.54) is 7.11 Å². The lowest BCUT2D eigenvalue weighted by Crippen LogP contribution is -2.38. The van der Waals surface area contributed by atoms with Gasteiger partial charge in [0.05, 0.1) is 20.3 Å². The maximum absolute atomic E-state index is 13.3. The second kappa shape index (κ2) is 9.74. The van der Waals surface area contributed by atoms with E-state index in [9.17, 15) is 19.8 Å². The number of carbonyl (C=O) groups is 2. The van der Waals surface area contributed by atoms with Crippen molar-refractivity contribution in [3.63, 3.8) is 0 Å². The average molecular weight is 468 g/mol. The number of fused-ring (bicyclic) bond motifs is 1. The average Bonchev–Trinajstić information content (AvgIpc) is 3.27. The van der Waals surface area contributed by atoms with Gasteiger partial charge >= 0.3 is 0 Å². The first-order valence-electron chi connectivity index (χ1n) is 11.1. The van der Waals surface area contributed by atoms with Gasteiger partial charge in [0.1, 0.15) is 22.8 Å². The molecule has 34 heavy (non-hydrogen) atoms. The molecular formula is C25H29N3O6. The van der Waals surface area contributed by atoms with Crippen LogP contribution in [-0.2, 0) is 22.6 Å². The summed E-state index contributed by atoms with van der Waals surface area (Å²) in [7, 11) is 1.38. The van der Waals surface area contributed by atoms with E-state index in [1.54, 1.807) is 17.9 Å². The fraction of sp³-hybridized carbons (Fsp3) is 0.360. The maximum Gasteiger partial charge on any atom is 0.262 e. The molecule has 0 saturated carbocycles. The van der Waals surface area contributed by atoms with E-state index in [-0.39, 0.29) is 35.3 Å². The molecule has 2 amide bonds. The maximum atomic E-state index is 13.3. The molecule has 0 atom stereocenters. The second-order valence-corrected chi connectivity index (χ2v) is 8.50. The van der Waals surface area contributed by atoms with Gasteiger partial charge in [-0.1, -0.05) is 18.7 Å². The molecule has 0 aromatic heterocycles. The number of nitrogens with zero attached hydrogens (tertiary/aromatic N) is 2. The van der Waals surface area contributed by atoms with Crippen molar-refractivity contribution < 1.29 is 29.3 Å². The predicted octanol–water partition coefficient (Wildman–Crippen LogP) is 2.40. The molecule has 0 radical (unpaired) electrons. The van der Waals surface area contributed by atoms with Crippen LogP contribution in [0.1, 0.15) is 27.0 Å². The predicted molar refractivity (Wildman–Crippen MR) is 126 cm³/mol. The number of methoxy groups -OCH3 is 1. The van der Waals surface area contributed by atoms with Crippen LogP contribution >= 0.6 is 0 Å². The molecule has 0 unspecified atom stereocenters. The van der Waals surface area contributed by atoms with Crippen LogP contribution in [0.5, 0.6) is 17.2 Å². The van der Waals surface area contributed by atoms with E-state index in [0.29, 0.717) is 43.1 Å². The number of morpholine rings is 1. The van der Waals surface area contributed by atoms with E-state index in [4.69, 9.17) is 9.47 Å². The number of nitrogens with one attached hydrogen (secondary N) is 1. The summed E-state index contributed by atoms with van der Waals surface area (Å²) < 4.78 is 10.7. The molecule has 0 spiro atoms. The van der Waals surface area contributed by atoms with Gasteiger partial charge < -0.3 is 29.9 Å². The Morgan fingerprint density at radius 2 is 1.91 bits per heavy atom. The van der Waals surface area contributed by atoms with Gasteiger partial charge in [0.15, 0.2) is 0 Å². The molecule has 9 nitrogen and oxygen atoms in total. The first kappa shape index (κ1) is 23.6. The summed E-state index contributed by atoms with van der Waals surface area (Å²) in [4.78, 5) is 29.8. The number of hydrogen-bond donors (Lipinski definition) is 3. The Labute approximate surface area is 198 Å². The zero-order chi connectivity index (χ0) is 24.4. The topological polar surface area (TPSA) is 112 Å². The highest BCUT2D eigenvalue weighted by Crippen LogP contribution is 2.40. The molecule has 3 N–H and O–H groups in total. The number of phenolic OH excluding ortho intramolecular Hbond substituents is 2. The van der Waals surface area contributed by atoms with Crippen molar-refractivity contribution in [1.29, 1.82) is 0 Å². The fourth-order valence-corrected chi connectivity index (χ4v) is 4.34. The van der Waals surface area contributed by atoms with Crippen molar-refractivity contribution in [3.05, 3.63) is 58.7 Å². The smallest absolute Gasteiger partial charge is 0.262 e. The molecule has 2 aromatic rings. The molecule has 0 bridgehead atoms. The number of benzene rings is 2. The molecule has 2 aliphatic heterocycles. The van der Waals surface area contributed by atoms with E-state index in [1.807, 2.05) is 12.1 Å². The molecule has 180 valence electrons. The number of phenols is 2. The first-order chi connectivity index (χ1) is 16.3. The highest BCUT2D eigenvalue weighted by molar-refractivity contribution is 6.04. The molecule has 1 fully saturated rings. The molecule has 4 rings (SSSR count). The van der Waals surface area contributed by atoms with Gasteiger partial charge in [0.25, 0.3) is 11.8 Å². The quantitative estimate of drug-likeness (QED) is 0.560. The molecule has 2 aromatic carbocycles. The van der Waals surface area contributed by atoms with E-state index in [0.717, 1.165) is 30.3 Å². The number of amides is 2. The Morgan fingerprint density at radius 1 is 1.18 bits per heavy atom. The number of carbonyl (C=O) groups excluding carboxylic acids is 2. The lowest BCUT2D eigenvalue weighted by molar-refractivity contribution is -0.113. The van der Waals surface area contributed by atoms with Gasteiger partial charge in [-0.2, -0.15) is 0 Å². The van der Waals surface area contributed by atoms with Crippen molar-refractivity contribution in [1.82, 2.24) is 9.80 Å². The van der Waals surface area contributed by atoms with Crippen molar-refractivity contribution >= 4 is 17.5 Å². The number of anilines is 1. The third-order valence-corrected chi connectivity index (χ3v) is 6.26. The van der Waals surface area contributed by atoms with E-state index >= 15 is 0 Å². The first-order valence-corrected chi connectivity index (χ1v) is 11.1.